The van der Waals surface area contributed by atoms with Crippen molar-refractivity contribution < 1.29 is 42.6 Å². The molecule has 3 rings (SSSR count). The molecule has 1 aliphatic rings. The van der Waals surface area contributed by atoms with E-state index in [1.54, 1.807) is 43.5 Å². The van der Waals surface area contributed by atoms with Gasteiger partial charge < -0.3 is 25.8 Å². The van der Waals surface area contributed by atoms with Crippen molar-refractivity contribution in [3.8, 4) is 0 Å². The highest BCUT2D eigenvalue weighted by Crippen LogP contribution is 2.36. The average molecular weight is 580 g/mol. The number of alkyl halides is 2. The number of carbonyl (C=O) groups excluding carboxylic acids is 4. The van der Waals surface area contributed by atoms with Crippen LogP contribution >= 0.6 is 11.3 Å². The molecule has 0 radical (unpaired) electrons. The highest BCUT2D eigenvalue weighted by atomic mass is 32.1. The Labute approximate surface area is 233 Å². The van der Waals surface area contributed by atoms with Crippen LogP contribution in [0.3, 0.4) is 0 Å². The molecule has 2 amide bonds. The number of thiophene rings is 1. The number of rotatable bonds is 13. The normalized spacial score (nSPS) is 17.5. The van der Waals surface area contributed by atoms with Crippen LogP contribution in [-0.2, 0) is 36.8 Å². The van der Waals surface area contributed by atoms with Gasteiger partial charge in [-0.15, -0.1) is 11.3 Å². The highest BCUT2D eigenvalue weighted by molar-refractivity contribution is 7.12. The third kappa shape index (κ3) is 7.20. The molecule has 0 aliphatic carbocycles. The van der Waals surface area contributed by atoms with Crippen molar-refractivity contribution in [1.29, 1.82) is 0 Å². The number of benzene rings is 1. The molecule has 1 aromatic carbocycles. The number of ketones is 1. The standard InChI is InChI=1S/C27H31F2N3O7S/c1-14(2)10-19(23(34)30-18(11-20(28)29)21(33)25(37)39-3)31-26(38)27(12-15-6-4-5-7-17(15)32-27)13-16-8-9-40-22(16)24(35)36/h4-9,14,18-20,32H,10-13H2,1-3H3,(H,30,34)(H,31,38)(H,35,36)/t18-,19-,27-/m0/s1. The third-order valence-corrected chi connectivity index (χ3v) is 7.46. The van der Waals surface area contributed by atoms with E-state index in [2.05, 4.69) is 20.7 Å². The summed E-state index contributed by atoms with van der Waals surface area (Å²) in [4.78, 5) is 63.0. The number of Topliss-reactive ketones (excluding diaryl/α,β-unsaturated/α-hetero) is 1. The lowest BCUT2D eigenvalue weighted by Gasteiger charge is -2.32. The van der Waals surface area contributed by atoms with E-state index in [1.807, 2.05) is 6.07 Å². The number of carboxylic acids is 1. The van der Waals surface area contributed by atoms with Crippen LogP contribution in [0.5, 0.6) is 0 Å². The summed E-state index contributed by atoms with van der Waals surface area (Å²) in [5.74, 6) is -5.52. The first kappa shape index (κ1) is 30.7. The average Bonchev–Trinajstić information content (AvgIpc) is 3.51. The Bertz CT molecular complexity index is 1260. The van der Waals surface area contributed by atoms with E-state index in [9.17, 15) is 37.9 Å². The maximum absolute atomic E-state index is 13.9. The molecule has 13 heteroatoms. The van der Waals surface area contributed by atoms with E-state index < -0.39 is 60.0 Å². The van der Waals surface area contributed by atoms with Crippen LogP contribution in [0.15, 0.2) is 35.7 Å². The van der Waals surface area contributed by atoms with Crippen molar-refractivity contribution in [1.82, 2.24) is 10.6 Å². The van der Waals surface area contributed by atoms with Crippen molar-refractivity contribution in [2.45, 2.75) is 63.6 Å². The Morgan fingerprint density at radius 1 is 1.07 bits per heavy atom. The maximum Gasteiger partial charge on any atom is 0.376 e. The van der Waals surface area contributed by atoms with Gasteiger partial charge in [0.25, 0.3) is 5.78 Å². The second-order valence-electron chi connectivity index (χ2n) is 10.00. The first-order chi connectivity index (χ1) is 18.9. The Kier molecular flexibility index (Phi) is 9.96. The Morgan fingerprint density at radius 2 is 1.77 bits per heavy atom. The summed E-state index contributed by atoms with van der Waals surface area (Å²) in [6, 6.07) is 5.72. The summed E-state index contributed by atoms with van der Waals surface area (Å²) in [5.41, 5.74) is 0.554. The minimum Gasteiger partial charge on any atom is -0.477 e. The predicted molar refractivity (Wildman–Crippen MR) is 142 cm³/mol. The number of ether oxygens (including phenoxy) is 1. The van der Waals surface area contributed by atoms with Crippen molar-refractivity contribution in [2.75, 3.05) is 12.4 Å². The summed E-state index contributed by atoms with van der Waals surface area (Å²) < 4.78 is 30.7. The fourth-order valence-electron chi connectivity index (χ4n) is 4.66. The van der Waals surface area contributed by atoms with Gasteiger partial charge in [-0.05, 0) is 41.0 Å². The molecule has 0 spiro atoms. The summed E-state index contributed by atoms with van der Waals surface area (Å²) in [6.07, 6.45) is -3.85. The van der Waals surface area contributed by atoms with Gasteiger partial charge in [0.15, 0.2) is 0 Å². The zero-order valence-electron chi connectivity index (χ0n) is 22.2. The minimum absolute atomic E-state index is 0.0104. The van der Waals surface area contributed by atoms with Gasteiger partial charge in [-0.25, -0.2) is 18.4 Å². The summed E-state index contributed by atoms with van der Waals surface area (Å²) >= 11 is 1.03. The number of hydrogen-bond acceptors (Lipinski definition) is 8. The number of carboxylic acid groups (broad SMARTS) is 1. The fraction of sp³-hybridized carbons (Fsp3) is 0.444. The maximum atomic E-state index is 13.9. The molecular weight excluding hydrogens is 548 g/mol. The second-order valence-corrected chi connectivity index (χ2v) is 10.9. The molecule has 3 atom stereocenters. The van der Waals surface area contributed by atoms with E-state index in [0.29, 0.717) is 11.3 Å². The van der Waals surface area contributed by atoms with Gasteiger partial charge in [-0.3, -0.25) is 14.4 Å². The number of carbonyl (C=O) groups is 5. The molecule has 2 aromatic rings. The summed E-state index contributed by atoms with van der Waals surface area (Å²) in [6.45, 7) is 3.57. The molecule has 0 saturated carbocycles. The number of fused-ring (bicyclic) bond motifs is 1. The van der Waals surface area contributed by atoms with E-state index in [0.717, 1.165) is 24.0 Å². The molecule has 0 unspecified atom stereocenters. The Morgan fingerprint density at radius 3 is 2.38 bits per heavy atom. The second kappa shape index (κ2) is 13.0. The van der Waals surface area contributed by atoms with Crippen LogP contribution in [0.1, 0.15) is 47.5 Å². The van der Waals surface area contributed by atoms with E-state index >= 15 is 0 Å². The lowest BCUT2D eigenvalue weighted by Crippen LogP contribution is -2.60. The topological polar surface area (TPSA) is 151 Å². The van der Waals surface area contributed by atoms with Crippen molar-refractivity contribution in [3.05, 3.63) is 51.7 Å². The summed E-state index contributed by atoms with van der Waals surface area (Å²) in [7, 11) is 0.915. The molecule has 40 heavy (non-hydrogen) atoms. The number of aromatic carboxylic acids is 1. The van der Waals surface area contributed by atoms with Gasteiger partial charge in [0, 0.05) is 24.9 Å². The number of esters is 1. The number of nitrogens with one attached hydrogen (secondary N) is 3. The van der Waals surface area contributed by atoms with E-state index in [4.69, 9.17) is 0 Å². The number of hydrogen-bond donors (Lipinski definition) is 4. The lowest BCUT2D eigenvalue weighted by molar-refractivity contribution is -0.153. The van der Waals surface area contributed by atoms with Crippen molar-refractivity contribution >= 4 is 46.6 Å². The van der Waals surface area contributed by atoms with Crippen LogP contribution in [0.2, 0.25) is 0 Å². The summed E-state index contributed by atoms with van der Waals surface area (Å²) in [5, 5.41) is 19.3. The SMILES string of the molecule is COC(=O)C(=O)[C@H](CC(F)F)NC(=O)[C@H](CC(C)C)NC(=O)[C@@]1(Cc2ccsc2C(=O)O)Cc2ccccc2N1. The first-order valence-electron chi connectivity index (χ1n) is 12.5. The smallest absolute Gasteiger partial charge is 0.376 e. The molecular formula is C27H31F2N3O7S. The van der Waals surface area contributed by atoms with Crippen LogP contribution in [0.4, 0.5) is 14.5 Å². The monoisotopic (exact) mass is 579 g/mol. The predicted octanol–water partition coefficient (Wildman–Crippen LogP) is 2.81. The van der Waals surface area contributed by atoms with Crippen molar-refractivity contribution in [2.24, 2.45) is 5.92 Å². The van der Waals surface area contributed by atoms with Crippen LogP contribution < -0.4 is 16.0 Å². The molecule has 10 nitrogen and oxygen atoms in total. The number of halogens is 2. The molecule has 0 bridgehead atoms. The zero-order valence-corrected chi connectivity index (χ0v) is 23.0. The van der Waals surface area contributed by atoms with Gasteiger partial charge in [-0.2, -0.15) is 0 Å². The van der Waals surface area contributed by atoms with E-state index in [1.165, 1.54) is 0 Å². The van der Waals surface area contributed by atoms with Crippen LogP contribution in [0, 0.1) is 5.92 Å². The zero-order chi connectivity index (χ0) is 29.6. The van der Waals surface area contributed by atoms with Gasteiger partial charge in [0.1, 0.15) is 22.5 Å². The minimum atomic E-state index is -3.00. The quantitative estimate of drug-likeness (QED) is 0.209. The van der Waals surface area contributed by atoms with Gasteiger partial charge in [0.2, 0.25) is 18.2 Å². The van der Waals surface area contributed by atoms with Gasteiger partial charge in [0.05, 0.1) is 7.11 Å². The highest BCUT2D eigenvalue weighted by Gasteiger charge is 2.46. The molecule has 0 fully saturated rings. The van der Waals surface area contributed by atoms with Crippen molar-refractivity contribution in [3.63, 3.8) is 0 Å². The van der Waals surface area contributed by atoms with Crippen LogP contribution in [-0.4, -0.2) is 65.8 Å². The fourth-order valence-corrected chi connectivity index (χ4v) is 5.42. The first-order valence-corrected chi connectivity index (χ1v) is 13.4. The number of anilines is 1. The molecule has 0 saturated heterocycles. The Hall–Kier alpha value is -3.87. The number of para-hydroxylation sites is 1. The molecule has 1 aliphatic heterocycles. The number of methoxy groups -OCH3 is 1. The molecule has 2 heterocycles. The molecule has 4 N–H and O–H groups in total. The Balaban J connectivity index is 1.91. The van der Waals surface area contributed by atoms with Gasteiger partial charge >= 0.3 is 11.9 Å². The molecule has 216 valence electrons. The lowest BCUT2D eigenvalue weighted by atomic mass is 9.86. The third-order valence-electron chi connectivity index (χ3n) is 6.51. The van der Waals surface area contributed by atoms with Crippen LogP contribution in [0.25, 0.3) is 0 Å². The van der Waals surface area contributed by atoms with E-state index in [-0.39, 0.29) is 30.1 Å². The molecule has 1 aromatic heterocycles. The number of amides is 2. The largest absolute Gasteiger partial charge is 0.477 e. The van der Waals surface area contributed by atoms with Gasteiger partial charge in [-0.1, -0.05) is 32.0 Å².